The van der Waals surface area contributed by atoms with Crippen LogP contribution in [0, 0.1) is 22.9 Å². The molecule has 0 atom stereocenters. The Labute approximate surface area is 118 Å². The van der Waals surface area contributed by atoms with Crippen LogP contribution in [0.25, 0.3) is 0 Å². The first kappa shape index (κ1) is 14.1. The SMILES string of the molecule is Cc1nccc(CNc2cc(Cl)c(F)cc2[N+](=O)[O-])n1. The fourth-order valence-electron chi connectivity index (χ4n) is 1.62. The van der Waals surface area contributed by atoms with E-state index in [0.29, 0.717) is 11.5 Å². The van der Waals surface area contributed by atoms with Gasteiger partial charge in [-0.3, -0.25) is 10.1 Å². The first-order valence-corrected chi connectivity index (χ1v) is 6.01. The van der Waals surface area contributed by atoms with Crippen molar-refractivity contribution in [3.63, 3.8) is 0 Å². The molecule has 1 aromatic carbocycles. The van der Waals surface area contributed by atoms with Gasteiger partial charge in [0.25, 0.3) is 5.69 Å². The van der Waals surface area contributed by atoms with Crippen molar-refractivity contribution in [3.8, 4) is 0 Å². The van der Waals surface area contributed by atoms with Crippen molar-refractivity contribution in [2.24, 2.45) is 0 Å². The molecule has 6 nitrogen and oxygen atoms in total. The number of benzene rings is 1. The quantitative estimate of drug-likeness (QED) is 0.692. The summed E-state index contributed by atoms with van der Waals surface area (Å²) >= 11 is 5.63. The van der Waals surface area contributed by atoms with Gasteiger partial charge in [-0.2, -0.15) is 0 Å². The third-order valence-electron chi connectivity index (χ3n) is 2.53. The summed E-state index contributed by atoms with van der Waals surface area (Å²) in [6, 6.07) is 3.65. The Morgan fingerprint density at radius 2 is 2.25 bits per heavy atom. The number of nitrogens with zero attached hydrogens (tertiary/aromatic N) is 3. The highest BCUT2D eigenvalue weighted by atomic mass is 35.5. The number of nitro groups is 1. The molecule has 20 heavy (non-hydrogen) atoms. The Hall–Kier alpha value is -2.28. The van der Waals surface area contributed by atoms with Crippen LogP contribution in [0.5, 0.6) is 0 Å². The lowest BCUT2D eigenvalue weighted by atomic mass is 10.2. The third kappa shape index (κ3) is 3.18. The van der Waals surface area contributed by atoms with E-state index in [0.717, 1.165) is 6.07 Å². The van der Waals surface area contributed by atoms with Crippen LogP contribution in [0.15, 0.2) is 24.4 Å². The molecule has 0 amide bonds. The van der Waals surface area contributed by atoms with Gasteiger partial charge in [0.05, 0.1) is 28.3 Å². The molecule has 0 saturated carbocycles. The predicted molar refractivity (Wildman–Crippen MR) is 72.2 cm³/mol. The van der Waals surface area contributed by atoms with Crippen LogP contribution >= 0.6 is 11.6 Å². The lowest BCUT2D eigenvalue weighted by Crippen LogP contribution is -2.05. The maximum absolute atomic E-state index is 13.3. The van der Waals surface area contributed by atoms with Crippen molar-refractivity contribution in [2.75, 3.05) is 5.32 Å². The first-order valence-electron chi connectivity index (χ1n) is 5.63. The van der Waals surface area contributed by atoms with Gasteiger partial charge >= 0.3 is 0 Å². The predicted octanol–water partition coefficient (Wildman–Crippen LogP) is 3.10. The summed E-state index contributed by atoms with van der Waals surface area (Å²) in [5, 5.41) is 13.5. The molecule has 0 fully saturated rings. The fourth-order valence-corrected chi connectivity index (χ4v) is 1.78. The van der Waals surface area contributed by atoms with Gasteiger partial charge in [-0.15, -0.1) is 0 Å². The molecular weight excluding hydrogens is 287 g/mol. The molecule has 1 heterocycles. The smallest absolute Gasteiger partial charge is 0.295 e. The van der Waals surface area contributed by atoms with Crippen LogP contribution < -0.4 is 5.32 Å². The average molecular weight is 297 g/mol. The number of rotatable bonds is 4. The molecular formula is C12H10ClFN4O2. The minimum atomic E-state index is -0.832. The molecule has 2 aromatic rings. The summed E-state index contributed by atoms with van der Waals surface area (Å²) in [6.45, 7) is 1.98. The number of nitro benzene ring substituents is 1. The Kier molecular flexibility index (Phi) is 4.09. The molecule has 104 valence electrons. The summed E-state index contributed by atoms with van der Waals surface area (Å²) in [7, 11) is 0. The van der Waals surface area contributed by atoms with Crippen LogP contribution in [0.2, 0.25) is 5.02 Å². The summed E-state index contributed by atoms with van der Waals surface area (Å²) < 4.78 is 13.3. The van der Waals surface area contributed by atoms with Gasteiger partial charge < -0.3 is 5.32 Å². The topological polar surface area (TPSA) is 81.0 Å². The first-order chi connectivity index (χ1) is 9.47. The molecule has 0 saturated heterocycles. The standard InChI is InChI=1S/C12H10ClFN4O2/c1-7-15-3-2-8(17-7)6-16-11-4-9(13)10(14)5-12(11)18(19)20/h2-5,16H,6H2,1H3. The highest BCUT2D eigenvalue weighted by Crippen LogP contribution is 2.30. The van der Waals surface area contributed by atoms with Gasteiger partial charge in [0.2, 0.25) is 0 Å². The molecule has 1 N–H and O–H groups in total. The molecule has 0 spiro atoms. The molecule has 0 aliphatic heterocycles. The second-order valence-electron chi connectivity index (χ2n) is 3.99. The Bertz CT molecular complexity index is 666. The monoisotopic (exact) mass is 296 g/mol. The molecule has 2 rings (SSSR count). The van der Waals surface area contributed by atoms with Crippen molar-refractivity contribution in [2.45, 2.75) is 13.5 Å². The minimum absolute atomic E-state index is 0.137. The van der Waals surface area contributed by atoms with E-state index < -0.39 is 10.7 Å². The number of hydrogen-bond donors (Lipinski definition) is 1. The zero-order chi connectivity index (χ0) is 14.7. The van der Waals surface area contributed by atoms with Crippen molar-refractivity contribution >= 4 is 23.0 Å². The van der Waals surface area contributed by atoms with Gasteiger partial charge in [0.1, 0.15) is 17.3 Å². The van der Waals surface area contributed by atoms with E-state index in [2.05, 4.69) is 15.3 Å². The summed E-state index contributed by atoms with van der Waals surface area (Å²) in [4.78, 5) is 18.3. The zero-order valence-corrected chi connectivity index (χ0v) is 11.2. The summed E-state index contributed by atoms with van der Waals surface area (Å²) in [6.07, 6.45) is 1.59. The third-order valence-corrected chi connectivity index (χ3v) is 2.82. The van der Waals surface area contributed by atoms with Crippen molar-refractivity contribution in [1.82, 2.24) is 9.97 Å². The van der Waals surface area contributed by atoms with Gasteiger partial charge in [-0.05, 0) is 19.1 Å². The summed E-state index contributed by atoms with van der Waals surface area (Å²) in [5.41, 5.74) is 0.419. The molecule has 0 unspecified atom stereocenters. The molecule has 0 aliphatic rings. The summed E-state index contributed by atoms with van der Waals surface area (Å²) in [5.74, 6) is -0.238. The molecule has 0 aliphatic carbocycles. The van der Waals surface area contributed by atoms with Crippen LogP contribution in [0.4, 0.5) is 15.8 Å². The number of anilines is 1. The number of aryl methyl sites for hydroxylation is 1. The Balaban J connectivity index is 2.24. The van der Waals surface area contributed by atoms with E-state index >= 15 is 0 Å². The second-order valence-corrected chi connectivity index (χ2v) is 4.40. The van der Waals surface area contributed by atoms with E-state index in [1.165, 1.54) is 6.07 Å². The highest BCUT2D eigenvalue weighted by Gasteiger charge is 2.17. The number of aromatic nitrogens is 2. The lowest BCUT2D eigenvalue weighted by Gasteiger charge is -2.08. The Morgan fingerprint density at radius 1 is 1.50 bits per heavy atom. The lowest BCUT2D eigenvalue weighted by molar-refractivity contribution is -0.384. The molecule has 1 aromatic heterocycles. The van der Waals surface area contributed by atoms with Crippen molar-refractivity contribution < 1.29 is 9.31 Å². The Morgan fingerprint density at radius 3 is 2.90 bits per heavy atom. The van der Waals surface area contributed by atoms with Crippen LogP contribution in [0.1, 0.15) is 11.5 Å². The van der Waals surface area contributed by atoms with Gasteiger partial charge in [0, 0.05) is 6.20 Å². The highest BCUT2D eigenvalue weighted by molar-refractivity contribution is 6.31. The van der Waals surface area contributed by atoms with E-state index in [9.17, 15) is 14.5 Å². The van der Waals surface area contributed by atoms with Gasteiger partial charge in [-0.25, -0.2) is 14.4 Å². The van der Waals surface area contributed by atoms with Gasteiger partial charge in [-0.1, -0.05) is 11.6 Å². The molecule has 0 bridgehead atoms. The maximum Gasteiger partial charge on any atom is 0.295 e. The van der Waals surface area contributed by atoms with Crippen LogP contribution in [-0.2, 0) is 6.54 Å². The van der Waals surface area contributed by atoms with Crippen molar-refractivity contribution in [1.29, 1.82) is 0 Å². The fraction of sp³-hybridized carbons (Fsp3) is 0.167. The normalized spacial score (nSPS) is 10.3. The van der Waals surface area contributed by atoms with E-state index in [1.807, 2.05) is 0 Å². The largest absolute Gasteiger partial charge is 0.374 e. The number of hydrogen-bond acceptors (Lipinski definition) is 5. The van der Waals surface area contributed by atoms with Crippen LogP contribution in [0.3, 0.4) is 0 Å². The number of halogens is 2. The second kappa shape index (κ2) is 5.79. The molecule has 8 heteroatoms. The molecule has 0 radical (unpaired) electrons. The van der Waals surface area contributed by atoms with E-state index in [-0.39, 0.29) is 22.9 Å². The maximum atomic E-state index is 13.3. The van der Waals surface area contributed by atoms with Crippen LogP contribution in [-0.4, -0.2) is 14.9 Å². The van der Waals surface area contributed by atoms with Gasteiger partial charge in [0.15, 0.2) is 0 Å². The minimum Gasteiger partial charge on any atom is -0.374 e. The van der Waals surface area contributed by atoms with E-state index in [4.69, 9.17) is 11.6 Å². The van der Waals surface area contributed by atoms with Crippen molar-refractivity contribution in [3.05, 3.63) is 56.9 Å². The zero-order valence-electron chi connectivity index (χ0n) is 10.4. The van der Waals surface area contributed by atoms with E-state index in [1.54, 1.807) is 19.2 Å². The number of nitrogens with one attached hydrogen (secondary N) is 1. The average Bonchev–Trinajstić information content (AvgIpc) is 2.39.